The number of nitrogens with one attached hydrogen (secondary N) is 1. The van der Waals surface area contributed by atoms with Crippen LogP contribution in [0.15, 0.2) is 34.3 Å². The molecular formula is C17H19F3N4O4S. The number of amides is 1. The molecule has 1 aromatic rings. The van der Waals surface area contributed by atoms with Gasteiger partial charge in [-0.25, -0.2) is 8.42 Å². The zero-order valence-electron chi connectivity index (χ0n) is 15.3. The van der Waals surface area contributed by atoms with E-state index in [2.05, 4.69) is 10.5 Å². The molecule has 1 amide bonds. The number of hydrogen-bond acceptors (Lipinski definition) is 6. The molecule has 0 bridgehead atoms. The molecule has 0 saturated carbocycles. The van der Waals surface area contributed by atoms with E-state index in [1.807, 2.05) is 6.07 Å². The first-order valence-electron chi connectivity index (χ1n) is 8.63. The van der Waals surface area contributed by atoms with Crippen LogP contribution in [0.5, 0.6) is 0 Å². The number of benzene rings is 1. The summed E-state index contributed by atoms with van der Waals surface area (Å²) in [5, 5.41) is 14.6. The van der Waals surface area contributed by atoms with Crippen LogP contribution in [0.3, 0.4) is 0 Å². The highest BCUT2D eigenvalue weighted by atomic mass is 32.2. The predicted molar refractivity (Wildman–Crippen MR) is 96.1 cm³/mol. The largest absolute Gasteiger partial charge is 0.416 e. The van der Waals surface area contributed by atoms with Crippen LogP contribution in [0.1, 0.15) is 24.8 Å². The van der Waals surface area contributed by atoms with Gasteiger partial charge in [-0.3, -0.25) is 4.79 Å². The van der Waals surface area contributed by atoms with Gasteiger partial charge < -0.3 is 10.2 Å². The van der Waals surface area contributed by atoms with E-state index in [0.717, 1.165) is 22.5 Å². The van der Waals surface area contributed by atoms with Crippen molar-refractivity contribution in [2.45, 2.75) is 30.3 Å². The van der Waals surface area contributed by atoms with Gasteiger partial charge in [0.25, 0.3) is 5.91 Å². The summed E-state index contributed by atoms with van der Waals surface area (Å²) in [6.07, 6.45) is -4.00. The Morgan fingerprint density at radius 1 is 1.31 bits per heavy atom. The molecule has 1 aliphatic rings. The number of hydrogen-bond donors (Lipinski definition) is 1. The van der Waals surface area contributed by atoms with Crippen molar-refractivity contribution >= 4 is 21.6 Å². The molecule has 0 radical (unpaired) electrons. The highest BCUT2D eigenvalue weighted by Crippen LogP contribution is 2.31. The number of halogens is 3. The minimum atomic E-state index is -4.63. The normalized spacial score (nSPS) is 15.4. The first-order chi connectivity index (χ1) is 13.6. The molecule has 158 valence electrons. The van der Waals surface area contributed by atoms with Crippen molar-refractivity contribution in [1.82, 2.24) is 9.62 Å². The van der Waals surface area contributed by atoms with Crippen molar-refractivity contribution in [1.29, 1.82) is 5.26 Å². The van der Waals surface area contributed by atoms with E-state index in [1.165, 1.54) is 0 Å². The van der Waals surface area contributed by atoms with E-state index in [0.29, 0.717) is 11.8 Å². The van der Waals surface area contributed by atoms with Crippen molar-refractivity contribution in [2.75, 3.05) is 26.2 Å². The standard InChI is InChI=1S/C17H19F3N4O4S/c18-17(19,20)13-3-1-4-15(11-13)29(26,27)24-9-5-14(6-10-24)23-28-12-16(25)22-8-2-7-21/h1,3-4,11H,2,5-6,8-10,12H2,(H,22,25). The average Bonchev–Trinajstić information content (AvgIpc) is 2.68. The SMILES string of the molecule is N#CCCNC(=O)CON=C1CCN(S(=O)(=O)c2cccc(C(F)(F)F)c2)CC1. The Hall–Kier alpha value is -2.65. The van der Waals surface area contributed by atoms with E-state index in [4.69, 9.17) is 10.1 Å². The Labute approximate surface area is 166 Å². The van der Waals surface area contributed by atoms with Crippen LogP contribution < -0.4 is 5.32 Å². The second-order valence-corrected chi connectivity index (χ2v) is 8.06. The van der Waals surface area contributed by atoms with E-state index in [1.54, 1.807) is 0 Å². The smallest absolute Gasteiger partial charge is 0.386 e. The monoisotopic (exact) mass is 432 g/mol. The molecule has 1 aliphatic heterocycles. The van der Waals surface area contributed by atoms with E-state index in [-0.39, 0.29) is 45.5 Å². The van der Waals surface area contributed by atoms with Gasteiger partial charge in [-0.2, -0.15) is 22.7 Å². The second-order valence-electron chi connectivity index (χ2n) is 6.12. The molecule has 0 spiro atoms. The molecule has 1 N–H and O–H groups in total. The summed E-state index contributed by atoms with van der Waals surface area (Å²) in [6, 6.07) is 5.49. The maximum absolute atomic E-state index is 12.8. The van der Waals surface area contributed by atoms with Crippen LogP contribution >= 0.6 is 0 Å². The fourth-order valence-corrected chi connectivity index (χ4v) is 4.04. The van der Waals surface area contributed by atoms with Crippen LogP contribution in [0.25, 0.3) is 0 Å². The lowest BCUT2D eigenvalue weighted by atomic mass is 10.1. The molecule has 1 aromatic carbocycles. The molecular weight excluding hydrogens is 413 g/mol. The second kappa shape index (κ2) is 9.71. The summed E-state index contributed by atoms with van der Waals surface area (Å²) >= 11 is 0. The van der Waals surface area contributed by atoms with Gasteiger partial charge in [0.05, 0.1) is 28.7 Å². The Balaban J connectivity index is 1.91. The van der Waals surface area contributed by atoms with Gasteiger partial charge in [-0.15, -0.1) is 0 Å². The van der Waals surface area contributed by atoms with Gasteiger partial charge in [0.15, 0.2) is 6.61 Å². The lowest BCUT2D eigenvalue weighted by Gasteiger charge is -2.26. The summed E-state index contributed by atoms with van der Waals surface area (Å²) < 4.78 is 64.8. The third kappa shape index (κ3) is 6.43. The van der Waals surface area contributed by atoms with Gasteiger partial charge in [-0.1, -0.05) is 11.2 Å². The van der Waals surface area contributed by atoms with E-state index >= 15 is 0 Å². The van der Waals surface area contributed by atoms with Gasteiger partial charge in [0, 0.05) is 32.5 Å². The van der Waals surface area contributed by atoms with Gasteiger partial charge in [-0.05, 0) is 18.2 Å². The number of sulfonamides is 1. The van der Waals surface area contributed by atoms with Gasteiger partial charge in [0.2, 0.25) is 10.0 Å². The summed E-state index contributed by atoms with van der Waals surface area (Å²) in [5.41, 5.74) is -0.482. The predicted octanol–water partition coefficient (Wildman–Crippen LogP) is 1.89. The van der Waals surface area contributed by atoms with Crippen LogP contribution in [-0.4, -0.2) is 50.6 Å². The van der Waals surface area contributed by atoms with E-state index < -0.39 is 32.6 Å². The number of carbonyl (C=O) groups is 1. The Morgan fingerprint density at radius 2 is 2.00 bits per heavy atom. The van der Waals surface area contributed by atoms with Crippen molar-refractivity contribution in [3.8, 4) is 6.07 Å². The highest BCUT2D eigenvalue weighted by molar-refractivity contribution is 7.89. The minimum absolute atomic E-state index is 0.0368. The van der Waals surface area contributed by atoms with Gasteiger partial charge >= 0.3 is 6.18 Å². The van der Waals surface area contributed by atoms with Crippen molar-refractivity contribution < 1.29 is 31.2 Å². The number of nitrogens with zero attached hydrogens (tertiary/aromatic N) is 3. The molecule has 0 atom stereocenters. The summed E-state index contributed by atoms with van der Waals surface area (Å²) in [6.45, 7) is -0.0525. The Morgan fingerprint density at radius 3 is 2.62 bits per heavy atom. The molecule has 1 fully saturated rings. The third-order valence-electron chi connectivity index (χ3n) is 4.05. The zero-order chi connectivity index (χ0) is 21.5. The molecule has 0 unspecified atom stereocenters. The Kier molecular flexibility index (Phi) is 7.58. The topological polar surface area (TPSA) is 112 Å². The van der Waals surface area contributed by atoms with Crippen LogP contribution in [-0.2, 0) is 25.8 Å². The maximum Gasteiger partial charge on any atom is 0.416 e. The molecule has 0 aromatic heterocycles. The van der Waals surface area contributed by atoms with Crippen LogP contribution in [0.2, 0.25) is 0 Å². The fraction of sp³-hybridized carbons (Fsp3) is 0.471. The molecule has 12 heteroatoms. The van der Waals surface area contributed by atoms with Crippen LogP contribution in [0, 0.1) is 11.3 Å². The molecule has 29 heavy (non-hydrogen) atoms. The minimum Gasteiger partial charge on any atom is -0.386 e. The lowest BCUT2D eigenvalue weighted by Crippen LogP contribution is -2.38. The van der Waals surface area contributed by atoms with Gasteiger partial charge in [0.1, 0.15) is 0 Å². The number of piperidine rings is 1. The lowest BCUT2D eigenvalue weighted by molar-refractivity contribution is -0.137. The van der Waals surface area contributed by atoms with Crippen LogP contribution in [0.4, 0.5) is 13.2 Å². The van der Waals surface area contributed by atoms with Crippen molar-refractivity contribution in [3.05, 3.63) is 29.8 Å². The van der Waals surface area contributed by atoms with E-state index in [9.17, 15) is 26.4 Å². The summed E-state index contributed by atoms with van der Waals surface area (Å²) in [7, 11) is -4.07. The summed E-state index contributed by atoms with van der Waals surface area (Å²) in [4.78, 5) is 15.9. The number of nitriles is 1. The quantitative estimate of drug-likeness (QED) is 0.522. The molecule has 1 saturated heterocycles. The number of rotatable bonds is 7. The maximum atomic E-state index is 12.8. The number of alkyl halides is 3. The van der Waals surface area contributed by atoms with Crippen molar-refractivity contribution in [2.24, 2.45) is 5.16 Å². The first kappa shape index (κ1) is 22.6. The third-order valence-corrected chi connectivity index (χ3v) is 5.94. The molecule has 1 heterocycles. The fourth-order valence-electron chi connectivity index (χ4n) is 2.55. The van der Waals surface area contributed by atoms with Crippen molar-refractivity contribution in [3.63, 3.8) is 0 Å². The Bertz CT molecular complexity index is 900. The number of oxime groups is 1. The number of carbonyl (C=O) groups excluding carboxylic acids is 1. The summed E-state index contributed by atoms with van der Waals surface area (Å²) in [5.74, 6) is -0.436. The first-order valence-corrected chi connectivity index (χ1v) is 10.1. The molecule has 0 aliphatic carbocycles. The average molecular weight is 432 g/mol. The molecule has 2 rings (SSSR count). The highest BCUT2D eigenvalue weighted by Gasteiger charge is 2.33. The molecule has 8 nitrogen and oxygen atoms in total. The zero-order valence-corrected chi connectivity index (χ0v) is 16.1.